The van der Waals surface area contributed by atoms with Gasteiger partial charge in [0.15, 0.2) is 0 Å². The number of rotatable bonds is 7. The van der Waals surface area contributed by atoms with Crippen molar-refractivity contribution >= 4 is 192 Å². The first-order valence-electron chi connectivity index (χ1n) is 29.9. The van der Waals surface area contributed by atoms with Crippen LogP contribution in [0.3, 0.4) is 0 Å². The molecule has 84 heavy (non-hydrogen) atoms. The molecule has 0 bridgehead atoms. The maximum absolute atomic E-state index is 2.32. The zero-order chi connectivity index (χ0) is 62.2. The topological polar surface area (TPSA) is 0 Å². The molecule has 0 amide bonds. The van der Waals surface area contributed by atoms with E-state index in [2.05, 4.69) is 212 Å². The van der Waals surface area contributed by atoms with Crippen LogP contribution >= 0.6 is 136 Å². The summed E-state index contributed by atoms with van der Waals surface area (Å²) < 4.78 is 18.2. The van der Waals surface area contributed by atoms with Crippen LogP contribution in [0.2, 0.25) is 0 Å². The van der Waals surface area contributed by atoms with Crippen LogP contribution in [-0.2, 0) is 31.1 Å². The minimum atomic E-state index is 0.277. The van der Waals surface area contributed by atoms with Crippen LogP contribution in [0.1, 0.15) is 205 Å². The van der Waals surface area contributed by atoms with Gasteiger partial charge in [0.1, 0.15) is 0 Å². The van der Waals surface area contributed by atoms with Gasteiger partial charge in [-0.15, -0.1) is 136 Å². The molecule has 0 aromatic carbocycles. The molecule has 0 unspecified atom stereocenters. The van der Waals surface area contributed by atoms with Crippen LogP contribution < -0.4 is 0 Å². The van der Waals surface area contributed by atoms with E-state index in [1.54, 1.807) is 42.8 Å². The minimum Gasteiger partial charge on any atom is -0.142 e. The van der Waals surface area contributed by atoms with E-state index in [-0.39, 0.29) is 5.41 Å². The van der Waals surface area contributed by atoms with E-state index >= 15 is 0 Å². The average Bonchev–Trinajstić information content (AvgIpc) is 2.77. The summed E-state index contributed by atoms with van der Waals surface area (Å²) in [6.07, 6.45) is 6.11. The highest BCUT2D eigenvalue weighted by Gasteiger charge is 2.24. The van der Waals surface area contributed by atoms with Crippen LogP contribution in [-0.4, -0.2) is 0 Å². The molecule has 0 aliphatic carbocycles. The van der Waals surface area contributed by atoms with Gasteiger partial charge in [0.2, 0.25) is 0 Å². The van der Waals surface area contributed by atoms with Gasteiger partial charge in [-0.25, -0.2) is 0 Å². The van der Waals surface area contributed by atoms with E-state index in [0.29, 0.717) is 16.7 Å². The molecular formula is C72H96S12. The fourth-order valence-electron chi connectivity index (χ4n) is 11.0. The number of fused-ring (bicyclic) bond motifs is 6. The average molecular weight is 1350 g/mol. The number of hydrogen-bond donors (Lipinski definition) is 0. The lowest BCUT2D eigenvalue weighted by atomic mass is 9.87. The monoisotopic (exact) mass is 1340 g/mol. The lowest BCUT2D eigenvalue weighted by molar-refractivity contribution is 0.412. The summed E-state index contributed by atoms with van der Waals surface area (Å²) in [5, 5.41) is 13.7. The molecule has 0 spiro atoms. The van der Waals surface area contributed by atoms with Crippen LogP contribution in [0.25, 0.3) is 56.4 Å². The molecule has 0 N–H and O–H groups in total. The van der Waals surface area contributed by atoms with Crippen LogP contribution in [0, 0.1) is 99.8 Å². The third kappa shape index (κ3) is 16.3. The summed E-state index contributed by atoms with van der Waals surface area (Å²) >= 11 is 23.2. The van der Waals surface area contributed by atoms with Crippen molar-refractivity contribution in [2.45, 2.75) is 223 Å². The Morgan fingerprint density at radius 2 is 0.619 bits per heavy atom. The Labute approximate surface area is 555 Å². The second-order valence-corrected chi connectivity index (χ2v) is 40.0. The SMILES string of the molecule is CCCc1c(C)sc2c(C)csc12.Cc1sc2c(C)csc2c1C(C)(C)C.Cc1sc2c(C)csc2c1C(C)C.Cc1sc2c(C)csc2c1CC(C)(C)C.Cc1sc2c(C)csc2c1CC(C)(C)C.Cc1sc2c(C)csc2c1CC(C)C. The van der Waals surface area contributed by atoms with Gasteiger partial charge in [0.25, 0.3) is 0 Å². The lowest BCUT2D eigenvalue weighted by Crippen LogP contribution is -2.11. The molecule has 0 aliphatic rings. The summed E-state index contributed by atoms with van der Waals surface area (Å²) in [7, 11) is 0. The largest absolute Gasteiger partial charge is 0.142 e. The fraction of sp³-hybridized carbons (Fsp3) is 0.500. The Balaban J connectivity index is 0.000000145. The zero-order valence-corrected chi connectivity index (χ0v) is 65.4. The van der Waals surface area contributed by atoms with Crippen molar-refractivity contribution in [2.24, 2.45) is 16.7 Å². The van der Waals surface area contributed by atoms with E-state index in [1.165, 1.54) is 142 Å². The Bertz CT molecular complexity index is 4000. The van der Waals surface area contributed by atoms with Crippen molar-refractivity contribution < 1.29 is 0 Å². The summed E-state index contributed by atoms with van der Waals surface area (Å²) in [4.78, 5) is 9.04. The first-order chi connectivity index (χ1) is 39.1. The van der Waals surface area contributed by atoms with Crippen molar-refractivity contribution in [3.05, 3.63) is 128 Å². The molecule has 0 atom stereocenters. The van der Waals surface area contributed by atoms with E-state index in [9.17, 15) is 0 Å². The van der Waals surface area contributed by atoms with Crippen LogP contribution in [0.4, 0.5) is 0 Å². The van der Waals surface area contributed by atoms with Gasteiger partial charge < -0.3 is 0 Å². The van der Waals surface area contributed by atoms with Gasteiger partial charge in [-0.05, 0) is 236 Å². The quantitative estimate of drug-likeness (QED) is 0.149. The standard InChI is InChI=1S/2C13H18S2.2C12H16S2.2C11H14S2/c2*1-8-7-14-12-10(6-13(3,4)5)9(2)15-11(8)12;1-7-6-13-11-9(12(3,4)5)8(2)14-10(7)11;1-7(2)5-10-9(4)14-11-8(3)6-13-12(10)11;1-6(2)9-8(4)13-10-7(3)5-12-11(9)10;1-4-5-9-8(3)13-10-7(2)6-12-11(9)10/h2*7H,6H2,1-5H3;6H,1-5H3;6-7H,5H2,1-4H3;5-6H,1-4H3;6H,4-5H2,1-3H3. The van der Waals surface area contributed by atoms with Gasteiger partial charge in [-0.1, -0.05) is 103 Å². The van der Waals surface area contributed by atoms with E-state index in [0.717, 1.165) is 5.92 Å². The molecule has 0 saturated heterocycles. The first-order valence-corrected chi connectivity index (χ1v) is 40.1. The van der Waals surface area contributed by atoms with E-state index < -0.39 is 0 Å². The molecule has 12 heteroatoms. The van der Waals surface area contributed by atoms with Crippen molar-refractivity contribution in [1.82, 2.24) is 0 Å². The Morgan fingerprint density at radius 3 is 0.964 bits per heavy atom. The fourth-order valence-corrected chi connectivity index (χ4v) is 26.7. The molecule has 0 saturated carbocycles. The van der Waals surface area contributed by atoms with Crippen molar-refractivity contribution in [2.75, 3.05) is 0 Å². The van der Waals surface area contributed by atoms with Gasteiger partial charge in [0, 0.05) is 85.7 Å². The Kier molecular flexibility index (Phi) is 23.5. The van der Waals surface area contributed by atoms with Crippen molar-refractivity contribution in [1.29, 1.82) is 0 Å². The first kappa shape index (κ1) is 69.4. The molecule has 0 aliphatic heterocycles. The summed E-state index contributed by atoms with van der Waals surface area (Å²) in [6, 6.07) is 0. The second-order valence-electron chi connectivity index (χ2n) is 27.3. The molecule has 0 radical (unpaired) electrons. The predicted molar refractivity (Wildman–Crippen MR) is 407 cm³/mol. The molecule has 0 fully saturated rings. The smallest absolute Gasteiger partial charge is 0.0493 e. The Hall–Kier alpha value is -2.04. The van der Waals surface area contributed by atoms with Crippen LogP contribution in [0.15, 0.2) is 32.3 Å². The summed E-state index contributed by atoms with van der Waals surface area (Å²) in [6.45, 7) is 59.0. The minimum absolute atomic E-state index is 0.277. The van der Waals surface area contributed by atoms with Crippen molar-refractivity contribution in [3.8, 4) is 0 Å². The molecular weight excluding hydrogens is 1250 g/mol. The third-order valence-electron chi connectivity index (χ3n) is 14.9. The highest BCUT2D eigenvalue weighted by molar-refractivity contribution is 7.30. The summed E-state index contributed by atoms with van der Waals surface area (Å²) in [5.74, 6) is 1.42. The molecule has 12 aromatic rings. The van der Waals surface area contributed by atoms with Gasteiger partial charge >= 0.3 is 0 Å². The molecule has 12 heterocycles. The second kappa shape index (κ2) is 28.4. The lowest BCUT2D eigenvalue weighted by Gasteiger charge is -2.18. The molecule has 0 nitrogen and oxygen atoms in total. The maximum Gasteiger partial charge on any atom is 0.0493 e. The highest BCUT2D eigenvalue weighted by atomic mass is 32.1. The summed E-state index contributed by atoms with van der Waals surface area (Å²) in [5.41, 5.74) is 19.2. The van der Waals surface area contributed by atoms with Gasteiger partial charge in [-0.3, -0.25) is 0 Å². The highest BCUT2D eigenvalue weighted by Crippen LogP contribution is 2.46. The van der Waals surface area contributed by atoms with Crippen molar-refractivity contribution in [3.63, 3.8) is 0 Å². The van der Waals surface area contributed by atoms with Crippen LogP contribution in [0.5, 0.6) is 0 Å². The normalized spacial score (nSPS) is 12.1. The van der Waals surface area contributed by atoms with Gasteiger partial charge in [0.05, 0.1) is 0 Å². The number of hydrogen-bond acceptors (Lipinski definition) is 12. The molecule has 12 aromatic heterocycles. The molecule has 12 rings (SSSR count). The number of thiophene rings is 12. The number of aryl methyl sites for hydroxylation is 13. The van der Waals surface area contributed by atoms with E-state index in [4.69, 9.17) is 0 Å². The molecule has 456 valence electrons. The zero-order valence-electron chi connectivity index (χ0n) is 55.6. The van der Waals surface area contributed by atoms with Gasteiger partial charge in [-0.2, -0.15) is 0 Å². The maximum atomic E-state index is 2.32. The third-order valence-corrected chi connectivity index (χ3v) is 30.2. The predicted octanol–water partition coefficient (Wildman–Crippen LogP) is 29.2. The Morgan fingerprint density at radius 1 is 0.333 bits per heavy atom. The van der Waals surface area contributed by atoms with E-state index in [1.807, 2.05) is 136 Å².